The Bertz CT molecular complexity index is 924. The van der Waals surface area contributed by atoms with Crippen molar-refractivity contribution in [3.8, 4) is 5.75 Å². The lowest BCUT2D eigenvalue weighted by atomic mass is 10.1. The summed E-state index contributed by atoms with van der Waals surface area (Å²) >= 11 is 0. The van der Waals surface area contributed by atoms with Gasteiger partial charge >= 0.3 is 6.09 Å². The summed E-state index contributed by atoms with van der Waals surface area (Å²) in [7, 11) is 0. The maximum Gasteiger partial charge on any atom is 0.410 e. The number of nitrogens with two attached hydrogens (primary N) is 1. The number of anilines is 1. The first-order valence-corrected chi connectivity index (χ1v) is 10.5. The molecule has 1 fully saturated rings. The van der Waals surface area contributed by atoms with E-state index in [0.717, 1.165) is 5.56 Å². The van der Waals surface area contributed by atoms with E-state index in [1.54, 1.807) is 28.0 Å². The highest BCUT2D eigenvalue weighted by atomic mass is 16.6. The minimum absolute atomic E-state index is 0.113. The van der Waals surface area contributed by atoms with E-state index >= 15 is 0 Å². The Morgan fingerprint density at radius 1 is 1.10 bits per heavy atom. The summed E-state index contributed by atoms with van der Waals surface area (Å²) in [5.41, 5.74) is 7.56. The molecule has 0 saturated carbocycles. The van der Waals surface area contributed by atoms with Crippen molar-refractivity contribution in [3.63, 3.8) is 0 Å². The maximum absolute atomic E-state index is 13.1. The third kappa shape index (κ3) is 5.90. The topological polar surface area (TPSA) is 85.1 Å². The Labute approximate surface area is 183 Å². The number of hydrogen-bond donors (Lipinski definition) is 1. The molecule has 2 N–H and O–H groups in total. The molecule has 7 nitrogen and oxygen atoms in total. The molecule has 1 aliphatic heterocycles. The van der Waals surface area contributed by atoms with Gasteiger partial charge in [0, 0.05) is 31.2 Å². The van der Waals surface area contributed by atoms with Crippen molar-refractivity contribution in [2.45, 2.75) is 45.9 Å². The van der Waals surface area contributed by atoms with Crippen molar-refractivity contribution in [1.82, 2.24) is 9.80 Å². The smallest absolute Gasteiger partial charge is 0.410 e. The number of ether oxygens (including phenoxy) is 2. The molecule has 2 amide bonds. The van der Waals surface area contributed by atoms with E-state index in [-0.39, 0.29) is 18.0 Å². The summed E-state index contributed by atoms with van der Waals surface area (Å²) in [6.07, 6.45) is -0.351. The van der Waals surface area contributed by atoms with Crippen LogP contribution in [0.3, 0.4) is 0 Å². The summed E-state index contributed by atoms with van der Waals surface area (Å²) in [6.45, 7) is 9.14. The molecule has 1 aliphatic rings. The second kappa shape index (κ2) is 9.29. The molecule has 0 spiro atoms. The number of carbonyl (C=O) groups excluding carboxylic acids is 2. The lowest BCUT2D eigenvalue weighted by Crippen LogP contribution is -2.56. The van der Waals surface area contributed by atoms with Crippen LogP contribution in [0, 0.1) is 0 Å². The van der Waals surface area contributed by atoms with Crippen LogP contribution < -0.4 is 10.5 Å². The van der Waals surface area contributed by atoms with Gasteiger partial charge in [0.25, 0.3) is 5.91 Å². The molecule has 1 saturated heterocycles. The van der Waals surface area contributed by atoms with Crippen LogP contribution in [0.5, 0.6) is 5.75 Å². The van der Waals surface area contributed by atoms with E-state index < -0.39 is 5.60 Å². The van der Waals surface area contributed by atoms with Gasteiger partial charge in [-0.3, -0.25) is 4.79 Å². The van der Waals surface area contributed by atoms with Gasteiger partial charge in [0.2, 0.25) is 0 Å². The predicted octanol–water partition coefficient (Wildman–Crippen LogP) is 3.93. The summed E-state index contributed by atoms with van der Waals surface area (Å²) in [4.78, 5) is 28.8. The first kappa shape index (κ1) is 22.5. The Balaban J connectivity index is 1.61. The van der Waals surface area contributed by atoms with Crippen molar-refractivity contribution < 1.29 is 19.1 Å². The highest BCUT2D eigenvalue weighted by Gasteiger charge is 2.32. The minimum Gasteiger partial charge on any atom is -0.487 e. The molecule has 1 atom stereocenters. The van der Waals surface area contributed by atoms with Gasteiger partial charge in [-0.05, 0) is 51.5 Å². The zero-order valence-electron chi connectivity index (χ0n) is 18.6. The van der Waals surface area contributed by atoms with Gasteiger partial charge in [-0.25, -0.2) is 4.79 Å². The number of rotatable bonds is 4. The minimum atomic E-state index is -0.546. The van der Waals surface area contributed by atoms with Crippen molar-refractivity contribution in [1.29, 1.82) is 0 Å². The molecule has 2 aromatic carbocycles. The standard InChI is InChI=1S/C24H31N3O4/c1-17-15-26(23(29)31-24(2,3)4)12-13-27(17)22(28)19-10-11-21(20(25)14-19)30-16-18-8-6-5-7-9-18/h5-11,14,17H,12-13,15-16,25H2,1-4H3/t17-/m1/s1. The van der Waals surface area contributed by atoms with E-state index in [1.807, 2.05) is 58.0 Å². The molecule has 0 unspecified atom stereocenters. The van der Waals surface area contributed by atoms with Crippen LogP contribution in [-0.4, -0.2) is 53.1 Å². The van der Waals surface area contributed by atoms with Gasteiger partial charge in [0.05, 0.1) is 5.69 Å². The average Bonchev–Trinajstić information content (AvgIpc) is 2.72. The molecule has 3 rings (SSSR count). The molecule has 31 heavy (non-hydrogen) atoms. The normalized spacial score (nSPS) is 16.7. The Morgan fingerprint density at radius 3 is 2.42 bits per heavy atom. The summed E-state index contributed by atoms with van der Waals surface area (Å²) in [5.74, 6) is 0.431. The van der Waals surface area contributed by atoms with E-state index in [4.69, 9.17) is 15.2 Å². The molecular weight excluding hydrogens is 394 g/mol. The van der Waals surface area contributed by atoms with Crippen LogP contribution in [-0.2, 0) is 11.3 Å². The van der Waals surface area contributed by atoms with Gasteiger partial charge in [-0.1, -0.05) is 30.3 Å². The second-order valence-electron chi connectivity index (χ2n) is 8.80. The van der Waals surface area contributed by atoms with Crippen molar-refractivity contribution >= 4 is 17.7 Å². The van der Waals surface area contributed by atoms with Crippen molar-refractivity contribution in [2.75, 3.05) is 25.4 Å². The number of piperazine rings is 1. The zero-order valence-corrected chi connectivity index (χ0v) is 18.6. The fraction of sp³-hybridized carbons (Fsp3) is 0.417. The van der Waals surface area contributed by atoms with Gasteiger partial charge in [-0.2, -0.15) is 0 Å². The number of amides is 2. The van der Waals surface area contributed by atoms with Gasteiger partial charge in [0.1, 0.15) is 18.0 Å². The molecule has 0 aromatic heterocycles. The third-order valence-corrected chi connectivity index (χ3v) is 5.03. The van der Waals surface area contributed by atoms with E-state index in [9.17, 15) is 9.59 Å². The fourth-order valence-electron chi connectivity index (χ4n) is 3.47. The molecular formula is C24H31N3O4. The molecule has 0 bridgehead atoms. The van der Waals surface area contributed by atoms with Crippen LogP contribution in [0.2, 0.25) is 0 Å². The van der Waals surface area contributed by atoms with Gasteiger partial charge in [-0.15, -0.1) is 0 Å². The van der Waals surface area contributed by atoms with Gasteiger partial charge in [0.15, 0.2) is 0 Å². The average molecular weight is 426 g/mol. The number of nitrogens with zero attached hydrogens (tertiary/aromatic N) is 2. The Kier molecular flexibility index (Phi) is 6.73. The number of hydrogen-bond acceptors (Lipinski definition) is 5. The van der Waals surface area contributed by atoms with Crippen molar-refractivity contribution in [3.05, 3.63) is 59.7 Å². The van der Waals surface area contributed by atoms with E-state index in [2.05, 4.69) is 0 Å². The summed E-state index contributed by atoms with van der Waals surface area (Å²) in [5, 5.41) is 0. The SMILES string of the molecule is C[C@@H]1CN(C(=O)OC(C)(C)C)CCN1C(=O)c1ccc(OCc2ccccc2)c(N)c1. The zero-order chi connectivity index (χ0) is 22.6. The Hall–Kier alpha value is -3.22. The highest BCUT2D eigenvalue weighted by molar-refractivity contribution is 5.96. The van der Waals surface area contributed by atoms with Crippen LogP contribution in [0.25, 0.3) is 0 Å². The quantitative estimate of drug-likeness (QED) is 0.751. The first-order chi connectivity index (χ1) is 14.6. The van der Waals surface area contributed by atoms with Crippen LogP contribution in [0.4, 0.5) is 10.5 Å². The molecule has 7 heteroatoms. The lowest BCUT2D eigenvalue weighted by Gasteiger charge is -2.40. The lowest BCUT2D eigenvalue weighted by molar-refractivity contribution is 0.00617. The molecule has 0 radical (unpaired) electrons. The van der Waals surface area contributed by atoms with Crippen molar-refractivity contribution in [2.24, 2.45) is 0 Å². The number of benzene rings is 2. The van der Waals surface area contributed by atoms with Crippen LogP contribution in [0.1, 0.15) is 43.6 Å². The molecule has 166 valence electrons. The largest absolute Gasteiger partial charge is 0.487 e. The highest BCUT2D eigenvalue weighted by Crippen LogP contribution is 2.25. The second-order valence-corrected chi connectivity index (χ2v) is 8.80. The first-order valence-electron chi connectivity index (χ1n) is 10.5. The summed E-state index contributed by atoms with van der Waals surface area (Å²) in [6, 6.07) is 14.8. The monoisotopic (exact) mass is 425 g/mol. The fourth-order valence-corrected chi connectivity index (χ4v) is 3.47. The maximum atomic E-state index is 13.1. The van der Waals surface area contributed by atoms with Crippen LogP contribution >= 0.6 is 0 Å². The summed E-state index contributed by atoms with van der Waals surface area (Å²) < 4.78 is 11.2. The number of carbonyl (C=O) groups is 2. The van der Waals surface area contributed by atoms with Crippen LogP contribution in [0.15, 0.2) is 48.5 Å². The molecule has 2 aromatic rings. The van der Waals surface area contributed by atoms with E-state index in [0.29, 0.717) is 43.2 Å². The van der Waals surface area contributed by atoms with E-state index in [1.165, 1.54) is 0 Å². The third-order valence-electron chi connectivity index (χ3n) is 5.03. The predicted molar refractivity (Wildman–Crippen MR) is 120 cm³/mol. The number of nitrogen functional groups attached to an aromatic ring is 1. The molecule has 0 aliphatic carbocycles. The molecule has 1 heterocycles. The Morgan fingerprint density at radius 2 is 1.81 bits per heavy atom. The van der Waals surface area contributed by atoms with Gasteiger partial charge < -0.3 is 25.0 Å².